The van der Waals surface area contributed by atoms with Crippen molar-refractivity contribution in [2.24, 2.45) is 0 Å². The lowest BCUT2D eigenvalue weighted by molar-refractivity contribution is -0.133. The van der Waals surface area contributed by atoms with E-state index in [0.717, 1.165) is 25.7 Å². The minimum absolute atomic E-state index is 0.0743. The normalized spacial score (nSPS) is 18.5. The number of aryl methyl sites for hydroxylation is 1. The van der Waals surface area contributed by atoms with Gasteiger partial charge >= 0.3 is 0 Å². The molecule has 0 N–H and O–H groups in total. The predicted molar refractivity (Wildman–Crippen MR) is 87.1 cm³/mol. The van der Waals surface area contributed by atoms with Gasteiger partial charge in [0, 0.05) is 24.1 Å². The lowest BCUT2D eigenvalue weighted by Crippen LogP contribution is -2.36. The lowest BCUT2D eigenvalue weighted by Gasteiger charge is -2.27. The number of aromatic nitrogens is 2. The molecule has 0 bridgehead atoms. The predicted octanol–water partition coefficient (Wildman–Crippen LogP) is 3.86. The maximum absolute atomic E-state index is 14.0. The number of benzene rings is 1. The molecule has 2 heterocycles. The molecule has 1 aliphatic heterocycles. The van der Waals surface area contributed by atoms with E-state index in [4.69, 9.17) is 16.0 Å². The molecule has 0 saturated carbocycles. The van der Waals surface area contributed by atoms with Crippen LogP contribution in [0.3, 0.4) is 0 Å². The zero-order chi connectivity index (χ0) is 17.1. The average molecular weight is 352 g/mol. The highest BCUT2D eigenvalue weighted by Gasteiger charge is 2.31. The molecule has 7 heteroatoms. The Labute approximate surface area is 144 Å². The molecule has 5 nitrogen and oxygen atoms in total. The standard InChI is InChI=1S/C17H19ClFN3O2/c1-11-20-21-17(24-11)15-8-3-2-4-9-22(15)16(23)10-12-13(18)6-5-7-14(12)19/h5-7,15H,2-4,8-10H2,1H3. The van der Waals surface area contributed by atoms with E-state index >= 15 is 0 Å². The Hall–Kier alpha value is -1.95. The molecule has 0 radical (unpaired) electrons. The van der Waals surface area contributed by atoms with Gasteiger partial charge in [-0.1, -0.05) is 30.5 Å². The Morgan fingerprint density at radius 1 is 1.38 bits per heavy atom. The number of carbonyl (C=O) groups excluding carboxylic acids is 1. The first-order valence-electron chi connectivity index (χ1n) is 8.08. The maximum atomic E-state index is 14.0. The topological polar surface area (TPSA) is 59.2 Å². The minimum atomic E-state index is -0.462. The van der Waals surface area contributed by atoms with Gasteiger partial charge in [0.05, 0.1) is 6.42 Å². The smallest absolute Gasteiger partial charge is 0.238 e. The summed E-state index contributed by atoms with van der Waals surface area (Å²) in [6, 6.07) is 4.18. The number of carbonyl (C=O) groups is 1. The molecular formula is C17H19ClFN3O2. The summed E-state index contributed by atoms with van der Waals surface area (Å²) >= 11 is 6.05. The van der Waals surface area contributed by atoms with Crippen molar-refractivity contribution in [1.82, 2.24) is 15.1 Å². The molecule has 1 amide bonds. The number of likely N-dealkylation sites (tertiary alicyclic amines) is 1. The van der Waals surface area contributed by atoms with E-state index in [9.17, 15) is 9.18 Å². The van der Waals surface area contributed by atoms with Gasteiger partial charge in [0.2, 0.25) is 17.7 Å². The summed E-state index contributed by atoms with van der Waals surface area (Å²) in [6.45, 7) is 2.31. The van der Waals surface area contributed by atoms with Gasteiger partial charge < -0.3 is 9.32 Å². The minimum Gasteiger partial charge on any atom is -0.423 e. The summed E-state index contributed by atoms with van der Waals surface area (Å²) in [5, 5.41) is 8.20. The van der Waals surface area contributed by atoms with Crippen LogP contribution in [-0.4, -0.2) is 27.5 Å². The molecule has 1 atom stereocenters. The zero-order valence-electron chi connectivity index (χ0n) is 13.5. The van der Waals surface area contributed by atoms with Crippen molar-refractivity contribution in [1.29, 1.82) is 0 Å². The van der Waals surface area contributed by atoms with E-state index in [1.165, 1.54) is 12.1 Å². The average Bonchev–Trinajstić information content (AvgIpc) is 2.83. The van der Waals surface area contributed by atoms with Crippen molar-refractivity contribution in [3.63, 3.8) is 0 Å². The molecule has 1 aliphatic rings. The van der Waals surface area contributed by atoms with E-state index in [1.54, 1.807) is 17.9 Å². The highest BCUT2D eigenvalue weighted by Crippen LogP contribution is 2.30. The van der Waals surface area contributed by atoms with Crippen LogP contribution in [0.25, 0.3) is 0 Å². The molecule has 1 aromatic heterocycles. The van der Waals surface area contributed by atoms with Crippen molar-refractivity contribution in [3.8, 4) is 0 Å². The molecule has 1 unspecified atom stereocenters. The second kappa shape index (κ2) is 7.30. The van der Waals surface area contributed by atoms with Gasteiger partial charge in [-0.05, 0) is 25.0 Å². The fourth-order valence-electron chi connectivity index (χ4n) is 3.06. The van der Waals surface area contributed by atoms with Crippen LogP contribution in [0.4, 0.5) is 4.39 Å². The molecule has 2 aromatic rings. The molecule has 128 valence electrons. The van der Waals surface area contributed by atoms with Crippen LogP contribution in [0.15, 0.2) is 22.6 Å². The Morgan fingerprint density at radius 2 is 2.21 bits per heavy atom. The Bertz CT molecular complexity index is 714. The van der Waals surface area contributed by atoms with Gasteiger partial charge in [0.15, 0.2) is 0 Å². The van der Waals surface area contributed by atoms with Crippen LogP contribution >= 0.6 is 11.6 Å². The summed E-state index contributed by atoms with van der Waals surface area (Å²) in [6.07, 6.45) is 3.61. The Balaban J connectivity index is 1.84. The second-order valence-corrected chi connectivity index (χ2v) is 6.40. The molecule has 1 saturated heterocycles. The number of halogens is 2. The van der Waals surface area contributed by atoms with Gasteiger partial charge in [-0.2, -0.15) is 0 Å². The molecule has 3 rings (SSSR count). The molecule has 24 heavy (non-hydrogen) atoms. The first-order chi connectivity index (χ1) is 11.6. The molecule has 0 spiro atoms. The van der Waals surface area contributed by atoms with Gasteiger partial charge in [-0.25, -0.2) is 4.39 Å². The fraction of sp³-hybridized carbons (Fsp3) is 0.471. The Morgan fingerprint density at radius 3 is 2.92 bits per heavy atom. The maximum Gasteiger partial charge on any atom is 0.238 e. The summed E-state index contributed by atoms with van der Waals surface area (Å²) in [5.74, 6) is 0.279. The van der Waals surface area contributed by atoms with E-state index in [0.29, 0.717) is 18.3 Å². The van der Waals surface area contributed by atoms with Gasteiger partial charge in [0.25, 0.3) is 0 Å². The van der Waals surface area contributed by atoms with Crippen LogP contribution in [-0.2, 0) is 11.2 Å². The first kappa shape index (κ1) is 16.9. The first-order valence-corrected chi connectivity index (χ1v) is 8.46. The largest absolute Gasteiger partial charge is 0.423 e. The summed E-state index contributed by atoms with van der Waals surface area (Å²) in [4.78, 5) is 14.6. The SMILES string of the molecule is Cc1nnc(C2CCCCCN2C(=O)Cc2c(F)cccc2Cl)o1. The van der Waals surface area contributed by atoms with Crippen molar-refractivity contribution in [3.05, 3.63) is 46.4 Å². The Kier molecular flexibility index (Phi) is 5.14. The summed E-state index contributed by atoms with van der Waals surface area (Å²) in [5.41, 5.74) is 0.230. The molecule has 0 aliphatic carbocycles. The van der Waals surface area contributed by atoms with Crippen molar-refractivity contribution >= 4 is 17.5 Å². The van der Waals surface area contributed by atoms with Crippen molar-refractivity contribution in [2.45, 2.75) is 45.1 Å². The third-order valence-electron chi connectivity index (χ3n) is 4.29. The van der Waals surface area contributed by atoms with Crippen LogP contribution in [0, 0.1) is 12.7 Å². The quantitative estimate of drug-likeness (QED) is 0.842. The summed E-state index contributed by atoms with van der Waals surface area (Å²) in [7, 11) is 0. The lowest BCUT2D eigenvalue weighted by atomic mass is 10.1. The van der Waals surface area contributed by atoms with Crippen LogP contribution < -0.4 is 0 Å². The van der Waals surface area contributed by atoms with Gasteiger partial charge in [-0.15, -0.1) is 10.2 Å². The van der Waals surface area contributed by atoms with E-state index in [-0.39, 0.29) is 29.0 Å². The van der Waals surface area contributed by atoms with E-state index in [2.05, 4.69) is 10.2 Å². The number of rotatable bonds is 3. The van der Waals surface area contributed by atoms with Gasteiger partial charge in [-0.3, -0.25) is 4.79 Å². The van der Waals surface area contributed by atoms with Crippen LogP contribution in [0.5, 0.6) is 0 Å². The monoisotopic (exact) mass is 351 g/mol. The van der Waals surface area contributed by atoms with Crippen molar-refractivity contribution < 1.29 is 13.6 Å². The number of hydrogen-bond acceptors (Lipinski definition) is 4. The molecule has 1 fully saturated rings. The highest BCUT2D eigenvalue weighted by molar-refractivity contribution is 6.31. The molecule has 1 aromatic carbocycles. The number of hydrogen-bond donors (Lipinski definition) is 0. The van der Waals surface area contributed by atoms with Crippen LogP contribution in [0.1, 0.15) is 49.1 Å². The van der Waals surface area contributed by atoms with Gasteiger partial charge in [0.1, 0.15) is 11.9 Å². The third-order valence-corrected chi connectivity index (χ3v) is 4.64. The third kappa shape index (κ3) is 3.59. The second-order valence-electron chi connectivity index (χ2n) is 5.99. The summed E-state index contributed by atoms with van der Waals surface area (Å²) < 4.78 is 19.5. The van der Waals surface area contributed by atoms with E-state index in [1.807, 2.05) is 0 Å². The fourth-order valence-corrected chi connectivity index (χ4v) is 3.29. The zero-order valence-corrected chi connectivity index (χ0v) is 14.2. The van der Waals surface area contributed by atoms with Crippen molar-refractivity contribution in [2.75, 3.05) is 6.54 Å². The highest BCUT2D eigenvalue weighted by atomic mass is 35.5. The number of amides is 1. The van der Waals surface area contributed by atoms with Crippen LogP contribution in [0.2, 0.25) is 5.02 Å². The van der Waals surface area contributed by atoms with E-state index < -0.39 is 5.82 Å². The number of nitrogens with zero attached hydrogens (tertiary/aromatic N) is 3. The molecular weight excluding hydrogens is 333 g/mol.